The number of para-hydroxylation sites is 1. The number of halogens is 1. The summed E-state index contributed by atoms with van der Waals surface area (Å²) in [6.07, 6.45) is 3.18. The summed E-state index contributed by atoms with van der Waals surface area (Å²) >= 11 is 0. The number of hydrogen-bond acceptors (Lipinski definition) is 3. The molecule has 164 valence electrons. The van der Waals surface area contributed by atoms with Gasteiger partial charge in [0.2, 0.25) is 15.9 Å². The number of nitrogens with zero attached hydrogens (tertiary/aromatic N) is 1. The second-order valence-corrected chi connectivity index (χ2v) is 9.39. The maximum atomic E-state index is 14.0. The number of fused-ring (bicyclic) bond motifs is 1. The van der Waals surface area contributed by atoms with Gasteiger partial charge in [0.05, 0.1) is 11.9 Å². The van der Waals surface area contributed by atoms with Crippen LogP contribution in [-0.4, -0.2) is 33.7 Å². The zero-order valence-electron chi connectivity index (χ0n) is 17.6. The summed E-state index contributed by atoms with van der Waals surface area (Å²) in [5, 5.41) is 5.31. The minimum Gasteiger partial charge on any atom is -0.356 e. The predicted octanol–water partition coefficient (Wildman–Crippen LogP) is 4.27. The monoisotopic (exact) mass is 442 g/mol. The Labute approximate surface area is 182 Å². The first-order valence-electron chi connectivity index (χ1n) is 10.3. The molecule has 3 rings (SSSR count). The first-order chi connectivity index (χ1) is 14.9. The van der Waals surface area contributed by atoms with Crippen molar-refractivity contribution >= 4 is 32.4 Å². The fourth-order valence-corrected chi connectivity index (χ4v) is 4.57. The molecule has 0 atom stereocenters. The average Bonchev–Trinajstić information content (AvgIpc) is 2.74. The fourth-order valence-electron chi connectivity index (χ4n) is 3.61. The first kappa shape index (κ1) is 22.7. The summed E-state index contributed by atoms with van der Waals surface area (Å²) in [5.41, 5.74) is 1.25. The van der Waals surface area contributed by atoms with E-state index in [0.717, 1.165) is 23.4 Å². The highest BCUT2D eigenvalue weighted by Gasteiger charge is 2.20. The molecule has 0 spiro atoms. The summed E-state index contributed by atoms with van der Waals surface area (Å²) in [7, 11) is -3.65. The lowest BCUT2D eigenvalue weighted by molar-refractivity contribution is -0.121. The van der Waals surface area contributed by atoms with Gasteiger partial charge in [0.15, 0.2) is 0 Å². The minimum absolute atomic E-state index is 0.000459. The van der Waals surface area contributed by atoms with E-state index < -0.39 is 15.8 Å². The molecule has 31 heavy (non-hydrogen) atoms. The van der Waals surface area contributed by atoms with Crippen molar-refractivity contribution in [2.45, 2.75) is 25.7 Å². The smallest absolute Gasteiger partial charge is 0.232 e. The molecule has 3 aromatic carbocycles. The summed E-state index contributed by atoms with van der Waals surface area (Å²) in [5.74, 6) is -0.745. The minimum atomic E-state index is -3.65. The van der Waals surface area contributed by atoms with E-state index in [4.69, 9.17) is 0 Å². The third kappa shape index (κ3) is 6.28. The summed E-state index contributed by atoms with van der Waals surface area (Å²) in [4.78, 5) is 12.1. The van der Waals surface area contributed by atoms with Gasteiger partial charge in [-0.05, 0) is 47.7 Å². The van der Waals surface area contributed by atoms with Gasteiger partial charge in [0, 0.05) is 19.5 Å². The predicted molar refractivity (Wildman–Crippen MR) is 123 cm³/mol. The summed E-state index contributed by atoms with van der Waals surface area (Å²) in [6.45, 7) is 0.592. The molecule has 1 amide bonds. The molecule has 0 saturated carbocycles. The number of rotatable bonds is 10. The van der Waals surface area contributed by atoms with Crippen LogP contribution >= 0.6 is 0 Å². The van der Waals surface area contributed by atoms with Gasteiger partial charge in [0.1, 0.15) is 5.82 Å². The summed E-state index contributed by atoms with van der Waals surface area (Å²) < 4.78 is 39.1. The molecular weight excluding hydrogens is 415 g/mol. The maximum absolute atomic E-state index is 14.0. The molecule has 0 radical (unpaired) electrons. The fraction of sp³-hybridized carbons (Fsp3) is 0.292. The van der Waals surface area contributed by atoms with E-state index in [0.29, 0.717) is 13.0 Å². The van der Waals surface area contributed by atoms with Gasteiger partial charge in [-0.25, -0.2) is 12.8 Å². The van der Waals surface area contributed by atoms with Crippen molar-refractivity contribution in [3.63, 3.8) is 0 Å². The molecule has 0 saturated heterocycles. The quantitative estimate of drug-likeness (QED) is 0.477. The molecule has 0 heterocycles. The number of nitrogens with one attached hydrogen (secondary N) is 1. The average molecular weight is 443 g/mol. The van der Waals surface area contributed by atoms with Gasteiger partial charge in [-0.1, -0.05) is 54.6 Å². The second-order valence-electron chi connectivity index (χ2n) is 7.48. The molecule has 0 aliphatic heterocycles. The number of benzene rings is 3. The van der Waals surface area contributed by atoms with Crippen LogP contribution in [0.2, 0.25) is 0 Å². The molecule has 0 fully saturated rings. The van der Waals surface area contributed by atoms with E-state index >= 15 is 0 Å². The van der Waals surface area contributed by atoms with Crippen LogP contribution in [0.5, 0.6) is 0 Å². The first-order valence-corrected chi connectivity index (χ1v) is 12.2. The number of amides is 1. The van der Waals surface area contributed by atoms with E-state index in [1.165, 1.54) is 34.5 Å². The van der Waals surface area contributed by atoms with Crippen LogP contribution < -0.4 is 9.62 Å². The number of sulfonamides is 1. The van der Waals surface area contributed by atoms with E-state index in [1.807, 2.05) is 18.2 Å². The van der Waals surface area contributed by atoms with E-state index in [1.54, 1.807) is 6.07 Å². The van der Waals surface area contributed by atoms with Crippen LogP contribution in [-0.2, 0) is 21.2 Å². The molecule has 1 N–H and O–H groups in total. The van der Waals surface area contributed by atoms with Crippen molar-refractivity contribution in [3.8, 4) is 0 Å². The zero-order chi connectivity index (χ0) is 22.3. The lowest BCUT2D eigenvalue weighted by atomic mass is 10.0. The number of anilines is 1. The third-order valence-corrected chi connectivity index (χ3v) is 6.29. The molecule has 0 aliphatic carbocycles. The third-order valence-electron chi connectivity index (χ3n) is 5.11. The molecule has 0 unspecified atom stereocenters. The maximum Gasteiger partial charge on any atom is 0.232 e. The SMILES string of the molecule is CS(=O)(=O)N(CCCC(=O)NCCCc1cccc2ccccc12)c1ccccc1F. The van der Waals surface area contributed by atoms with Crippen molar-refractivity contribution in [3.05, 3.63) is 78.1 Å². The van der Waals surface area contributed by atoms with Crippen LogP contribution in [0.3, 0.4) is 0 Å². The van der Waals surface area contributed by atoms with Gasteiger partial charge in [-0.15, -0.1) is 0 Å². The Bertz CT molecular complexity index is 1140. The molecular formula is C24H27FN2O3S. The largest absolute Gasteiger partial charge is 0.356 e. The summed E-state index contributed by atoms with van der Waals surface area (Å²) in [6, 6.07) is 20.2. The standard InChI is InChI=1S/C24H27FN2O3S/c1-31(29,30)27(23-15-5-4-14-22(23)25)18-8-16-24(28)26-17-7-12-20-11-6-10-19-9-2-3-13-21(19)20/h2-6,9-11,13-15H,7-8,12,16-18H2,1H3,(H,26,28). The highest BCUT2D eigenvalue weighted by molar-refractivity contribution is 7.92. The second kappa shape index (κ2) is 10.4. The lowest BCUT2D eigenvalue weighted by Gasteiger charge is -2.22. The number of carbonyl (C=O) groups excluding carboxylic acids is 1. The van der Waals surface area contributed by atoms with E-state index in [2.05, 4.69) is 29.6 Å². The Balaban J connectivity index is 1.45. The van der Waals surface area contributed by atoms with Crippen LogP contribution in [0, 0.1) is 5.82 Å². The molecule has 5 nitrogen and oxygen atoms in total. The van der Waals surface area contributed by atoms with Crippen LogP contribution in [0.1, 0.15) is 24.8 Å². The van der Waals surface area contributed by atoms with Gasteiger partial charge in [-0.3, -0.25) is 9.10 Å². The Hall–Kier alpha value is -2.93. The zero-order valence-corrected chi connectivity index (χ0v) is 18.4. The molecule has 0 bridgehead atoms. The van der Waals surface area contributed by atoms with Crippen molar-refractivity contribution in [2.24, 2.45) is 0 Å². The van der Waals surface area contributed by atoms with Gasteiger partial charge >= 0.3 is 0 Å². The Morgan fingerprint density at radius 2 is 1.68 bits per heavy atom. The Kier molecular flexibility index (Phi) is 7.63. The number of hydrogen-bond donors (Lipinski definition) is 1. The number of carbonyl (C=O) groups is 1. The Morgan fingerprint density at radius 3 is 2.45 bits per heavy atom. The Morgan fingerprint density at radius 1 is 0.968 bits per heavy atom. The van der Waals surface area contributed by atoms with Crippen LogP contribution in [0.4, 0.5) is 10.1 Å². The highest BCUT2D eigenvalue weighted by Crippen LogP contribution is 2.22. The van der Waals surface area contributed by atoms with Crippen LogP contribution in [0.15, 0.2) is 66.7 Å². The van der Waals surface area contributed by atoms with Crippen molar-refractivity contribution in [1.82, 2.24) is 5.32 Å². The topological polar surface area (TPSA) is 66.5 Å². The van der Waals surface area contributed by atoms with E-state index in [9.17, 15) is 17.6 Å². The highest BCUT2D eigenvalue weighted by atomic mass is 32.2. The van der Waals surface area contributed by atoms with Gasteiger partial charge < -0.3 is 5.32 Å². The number of aryl methyl sites for hydroxylation is 1. The van der Waals surface area contributed by atoms with Crippen LogP contribution in [0.25, 0.3) is 10.8 Å². The normalized spacial score (nSPS) is 11.4. The van der Waals surface area contributed by atoms with Gasteiger partial charge in [0.25, 0.3) is 0 Å². The van der Waals surface area contributed by atoms with E-state index in [-0.39, 0.29) is 24.6 Å². The molecule has 0 aromatic heterocycles. The van der Waals surface area contributed by atoms with Crippen molar-refractivity contribution in [1.29, 1.82) is 0 Å². The molecule has 0 aliphatic rings. The molecule has 7 heteroatoms. The molecule has 3 aromatic rings. The van der Waals surface area contributed by atoms with Crippen molar-refractivity contribution in [2.75, 3.05) is 23.7 Å². The lowest BCUT2D eigenvalue weighted by Crippen LogP contribution is -2.33. The van der Waals surface area contributed by atoms with Crippen molar-refractivity contribution < 1.29 is 17.6 Å². The van der Waals surface area contributed by atoms with Gasteiger partial charge in [-0.2, -0.15) is 0 Å².